The number of hydrogen-bond donors (Lipinski definition) is 1. The monoisotopic (exact) mass is 449 g/mol. The van der Waals surface area contributed by atoms with Crippen molar-refractivity contribution in [1.29, 1.82) is 0 Å². The lowest BCUT2D eigenvalue weighted by Crippen LogP contribution is -2.45. The van der Waals surface area contributed by atoms with Gasteiger partial charge in [0.2, 0.25) is 5.91 Å². The predicted octanol–water partition coefficient (Wildman–Crippen LogP) is 2.25. The quantitative estimate of drug-likeness (QED) is 0.624. The van der Waals surface area contributed by atoms with E-state index in [4.69, 9.17) is 10.9 Å². The largest absolute Gasteiger partial charge is 0.369 e. The van der Waals surface area contributed by atoms with E-state index in [2.05, 4.69) is 62.6 Å². The van der Waals surface area contributed by atoms with Gasteiger partial charge in [-0.1, -0.05) is 29.3 Å². The summed E-state index contributed by atoms with van der Waals surface area (Å²) < 4.78 is 5.68. The average molecular weight is 450 g/mol. The van der Waals surface area contributed by atoms with E-state index in [1.165, 1.54) is 5.69 Å². The van der Waals surface area contributed by atoms with Gasteiger partial charge in [0, 0.05) is 51.4 Å². The minimum Gasteiger partial charge on any atom is -0.369 e. The van der Waals surface area contributed by atoms with Crippen molar-refractivity contribution < 1.29 is 9.32 Å². The van der Waals surface area contributed by atoms with Crippen LogP contribution in [0.2, 0.25) is 0 Å². The molecule has 0 unspecified atom stereocenters. The normalized spacial score (nSPS) is 21.5. The summed E-state index contributed by atoms with van der Waals surface area (Å²) in [7, 11) is 1.78. The van der Waals surface area contributed by atoms with Gasteiger partial charge in [0.05, 0.1) is 18.8 Å². The highest BCUT2D eigenvalue weighted by atomic mass is 16.5. The number of rotatable bonds is 8. The molecule has 0 saturated carbocycles. The molecule has 1 aromatic heterocycles. The highest BCUT2D eigenvalue weighted by molar-refractivity contribution is 5.76. The van der Waals surface area contributed by atoms with Crippen LogP contribution in [0.3, 0.4) is 0 Å². The van der Waals surface area contributed by atoms with Gasteiger partial charge >= 0.3 is 0 Å². The smallest absolute Gasteiger partial charge is 0.223 e. The summed E-state index contributed by atoms with van der Waals surface area (Å²) in [5, 5.41) is 7.83. The molecule has 2 aromatic rings. The highest BCUT2D eigenvalue weighted by Crippen LogP contribution is 2.27. The molecule has 1 aromatic carbocycles. The molecule has 2 aliphatic heterocycles. The molecule has 0 aliphatic carbocycles. The second-order valence-corrected chi connectivity index (χ2v) is 9.26. The summed E-state index contributed by atoms with van der Waals surface area (Å²) in [5.41, 5.74) is 2.27. The lowest BCUT2D eigenvalue weighted by Gasteiger charge is -2.35. The predicted molar refractivity (Wildman–Crippen MR) is 130 cm³/mol. The van der Waals surface area contributed by atoms with Crippen LogP contribution in [0.15, 0.2) is 40.9 Å². The van der Waals surface area contributed by atoms with Crippen molar-refractivity contribution in [3.63, 3.8) is 0 Å². The van der Waals surface area contributed by atoms with Crippen LogP contribution in [0, 0.1) is 24.2 Å². The molecule has 0 spiro atoms. The van der Waals surface area contributed by atoms with Gasteiger partial charge in [0.1, 0.15) is 0 Å². The van der Waals surface area contributed by atoms with E-state index >= 15 is 0 Å². The lowest BCUT2D eigenvalue weighted by atomic mass is 9.81. The molecular formula is C26H35N5O2. The van der Waals surface area contributed by atoms with Crippen molar-refractivity contribution in [3.05, 3.63) is 47.9 Å². The number of carbonyl (C=O) groups excluding carboxylic acids is 1. The van der Waals surface area contributed by atoms with Crippen molar-refractivity contribution in [2.75, 3.05) is 57.8 Å². The fourth-order valence-corrected chi connectivity index (χ4v) is 4.91. The fourth-order valence-electron chi connectivity index (χ4n) is 4.91. The molecule has 176 valence electrons. The molecule has 0 radical (unpaired) electrons. The number of aromatic nitrogens is 1. The summed E-state index contributed by atoms with van der Waals surface area (Å²) in [6.45, 7) is 7.05. The van der Waals surface area contributed by atoms with Crippen molar-refractivity contribution in [2.24, 2.45) is 11.8 Å². The Morgan fingerprint density at radius 1 is 1.24 bits per heavy atom. The Labute approximate surface area is 197 Å². The minimum absolute atomic E-state index is 0.125. The maximum Gasteiger partial charge on any atom is 0.223 e. The summed E-state index contributed by atoms with van der Waals surface area (Å²) >= 11 is 0. The number of amides is 1. The molecule has 2 fully saturated rings. The molecule has 2 aliphatic rings. The number of terminal acetylenes is 1. The van der Waals surface area contributed by atoms with Crippen LogP contribution in [0.4, 0.5) is 5.69 Å². The third-order valence-corrected chi connectivity index (χ3v) is 6.91. The second-order valence-electron chi connectivity index (χ2n) is 9.26. The van der Waals surface area contributed by atoms with Crippen LogP contribution in [0.25, 0.3) is 0 Å². The molecular weight excluding hydrogens is 414 g/mol. The third-order valence-electron chi connectivity index (χ3n) is 6.91. The first-order valence-corrected chi connectivity index (χ1v) is 12.0. The van der Waals surface area contributed by atoms with Crippen LogP contribution < -0.4 is 10.2 Å². The number of piperidine rings is 1. The summed E-state index contributed by atoms with van der Waals surface area (Å²) in [5.74, 6) is 4.30. The Morgan fingerprint density at radius 3 is 2.79 bits per heavy atom. The number of carbonyl (C=O) groups is 1. The van der Waals surface area contributed by atoms with E-state index < -0.39 is 0 Å². The Kier molecular flexibility index (Phi) is 8.03. The zero-order valence-electron chi connectivity index (χ0n) is 19.6. The zero-order chi connectivity index (χ0) is 23.0. The highest BCUT2D eigenvalue weighted by Gasteiger charge is 2.29. The van der Waals surface area contributed by atoms with Crippen LogP contribution in [-0.4, -0.2) is 73.7 Å². The second kappa shape index (κ2) is 11.4. The third kappa shape index (κ3) is 6.37. The molecule has 1 N–H and O–H groups in total. The molecule has 2 saturated heterocycles. The molecule has 4 rings (SSSR count). The first-order valence-electron chi connectivity index (χ1n) is 12.0. The van der Waals surface area contributed by atoms with Crippen molar-refractivity contribution in [3.8, 4) is 12.3 Å². The standard InChI is InChI=1S/C26H35N5O2/c1-3-11-29(2)26(32)17-21-9-10-27-19-22(21)16-23-18-25(33-28-23)20-30-12-14-31(15-13-30)24-7-5-4-6-8-24/h1,4-8,18,21-22,27H,9-17,19-20H2,2H3/t21-,22+/m1/s1. The molecule has 3 heterocycles. The van der Waals surface area contributed by atoms with Gasteiger partial charge in [0.15, 0.2) is 5.76 Å². The number of nitrogens with zero attached hydrogens (tertiary/aromatic N) is 4. The van der Waals surface area contributed by atoms with E-state index in [-0.39, 0.29) is 5.91 Å². The number of para-hydroxylation sites is 1. The molecule has 33 heavy (non-hydrogen) atoms. The Hall–Kier alpha value is -2.82. The van der Waals surface area contributed by atoms with Crippen molar-refractivity contribution >= 4 is 11.6 Å². The van der Waals surface area contributed by atoms with Crippen molar-refractivity contribution in [1.82, 2.24) is 20.3 Å². The van der Waals surface area contributed by atoms with Crippen LogP contribution in [-0.2, 0) is 17.8 Å². The molecule has 2 atom stereocenters. The van der Waals surface area contributed by atoms with Gasteiger partial charge < -0.3 is 19.6 Å². The van der Waals surface area contributed by atoms with E-state index in [1.54, 1.807) is 11.9 Å². The Balaban J connectivity index is 1.27. The number of piperazine rings is 1. The fraction of sp³-hybridized carbons (Fsp3) is 0.538. The van der Waals surface area contributed by atoms with Crippen LogP contribution >= 0.6 is 0 Å². The number of benzene rings is 1. The average Bonchev–Trinajstić information content (AvgIpc) is 3.28. The maximum atomic E-state index is 12.5. The molecule has 7 nitrogen and oxygen atoms in total. The number of nitrogens with one attached hydrogen (secondary N) is 1. The Morgan fingerprint density at radius 2 is 2.03 bits per heavy atom. The first kappa shape index (κ1) is 23.3. The van der Waals surface area contributed by atoms with Gasteiger partial charge in [-0.05, 0) is 49.9 Å². The SMILES string of the molecule is C#CCN(C)C(=O)C[C@H]1CCNC[C@@H]1Cc1cc(CN2CCN(c3ccccc3)CC2)on1. The summed E-state index contributed by atoms with van der Waals surface area (Å²) in [6, 6.07) is 12.7. The van der Waals surface area contributed by atoms with Crippen molar-refractivity contribution in [2.45, 2.75) is 25.8 Å². The van der Waals surface area contributed by atoms with Gasteiger partial charge in [-0.15, -0.1) is 6.42 Å². The van der Waals surface area contributed by atoms with Gasteiger partial charge in [-0.3, -0.25) is 9.69 Å². The van der Waals surface area contributed by atoms with Crippen LogP contribution in [0.1, 0.15) is 24.3 Å². The number of hydrogen-bond acceptors (Lipinski definition) is 6. The summed E-state index contributed by atoms with van der Waals surface area (Å²) in [4.78, 5) is 19.0. The van der Waals surface area contributed by atoms with E-state index in [9.17, 15) is 4.79 Å². The Bertz CT molecular complexity index is 930. The number of anilines is 1. The van der Waals surface area contributed by atoms with E-state index in [0.717, 1.165) is 70.1 Å². The van der Waals surface area contributed by atoms with Gasteiger partial charge in [-0.25, -0.2) is 0 Å². The van der Waals surface area contributed by atoms with E-state index in [0.29, 0.717) is 24.8 Å². The van der Waals surface area contributed by atoms with E-state index in [1.807, 2.05) is 0 Å². The van der Waals surface area contributed by atoms with Gasteiger partial charge in [-0.2, -0.15) is 0 Å². The topological polar surface area (TPSA) is 64.9 Å². The summed E-state index contributed by atoms with van der Waals surface area (Å²) in [6.07, 6.45) is 7.72. The molecule has 1 amide bonds. The maximum absolute atomic E-state index is 12.5. The van der Waals surface area contributed by atoms with Gasteiger partial charge in [0.25, 0.3) is 0 Å². The molecule has 0 bridgehead atoms. The molecule has 7 heteroatoms. The minimum atomic E-state index is 0.125. The zero-order valence-corrected chi connectivity index (χ0v) is 19.6. The lowest BCUT2D eigenvalue weighted by molar-refractivity contribution is -0.131. The first-order chi connectivity index (χ1) is 16.1. The van der Waals surface area contributed by atoms with Crippen LogP contribution in [0.5, 0.6) is 0 Å².